The Morgan fingerprint density at radius 1 is 0.867 bits per heavy atom. The van der Waals surface area contributed by atoms with Crippen molar-refractivity contribution < 1.29 is 0 Å². The number of hydrogen-bond acceptors (Lipinski definition) is 2. The summed E-state index contributed by atoms with van der Waals surface area (Å²) in [6.07, 6.45) is 1.15. The van der Waals surface area contributed by atoms with Crippen molar-refractivity contribution in [3.05, 3.63) is 23.2 Å². The molecule has 0 N–H and O–H groups in total. The van der Waals surface area contributed by atoms with Crippen LogP contribution in [0.2, 0.25) is 0 Å². The van der Waals surface area contributed by atoms with Crippen molar-refractivity contribution >= 4 is 23.2 Å². The van der Waals surface area contributed by atoms with Gasteiger partial charge in [0.15, 0.2) is 0 Å². The van der Waals surface area contributed by atoms with Crippen LogP contribution in [0.15, 0.2) is 23.2 Å². The molecule has 1 heterocycles. The molecule has 0 amide bonds. The molecule has 0 unspecified atom stereocenters. The van der Waals surface area contributed by atoms with Crippen molar-refractivity contribution in [2.75, 3.05) is 39.3 Å². The van der Waals surface area contributed by atoms with Crippen LogP contribution in [0, 0.1) is 0 Å². The highest BCUT2D eigenvalue weighted by molar-refractivity contribution is 6.29. The molecule has 1 fully saturated rings. The number of halogens is 2. The molecule has 15 heavy (non-hydrogen) atoms. The lowest BCUT2D eigenvalue weighted by Gasteiger charge is -2.20. The van der Waals surface area contributed by atoms with Crippen LogP contribution in [0.4, 0.5) is 0 Å². The molecule has 1 aliphatic rings. The zero-order valence-electron chi connectivity index (χ0n) is 9.01. The summed E-state index contributed by atoms with van der Waals surface area (Å²) in [7, 11) is 0. The van der Waals surface area contributed by atoms with Crippen LogP contribution in [-0.4, -0.2) is 49.1 Å². The summed E-state index contributed by atoms with van der Waals surface area (Å²) in [4.78, 5) is 4.65. The molecule has 1 aliphatic heterocycles. The zero-order chi connectivity index (χ0) is 11.3. The van der Waals surface area contributed by atoms with Crippen molar-refractivity contribution in [3.8, 4) is 0 Å². The Bertz CT molecular complexity index is 217. The molecule has 0 spiro atoms. The molecule has 0 aromatic rings. The topological polar surface area (TPSA) is 6.48 Å². The van der Waals surface area contributed by atoms with Gasteiger partial charge in [-0.15, -0.1) is 0 Å². The van der Waals surface area contributed by atoms with Gasteiger partial charge in [0, 0.05) is 36.2 Å². The maximum atomic E-state index is 5.80. The first-order valence-electron chi connectivity index (χ1n) is 5.19. The van der Waals surface area contributed by atoms with E-state index in [1.54, 1.807) is 0 Å². The molecular formula is C11H18Cl2N2. The third-order valence-electron chi connectivity index (χ3n) is 2.47. The molecule has 1 rings (SSSR count). The van der Waals surface area contributed by atoms with Crippen molar-refractivity contribution in [1.29, 1.82) is 0 Å². The fraction of sp³-hybridized carbons (Fsp3) is 0.636. The van der Waals surface area contributed by atoms with E-state index in [-0.39, 0.29) is 0 Å². The van der Waals surface area contributed by atoms with Gasteiger partial charge in [0.1, 0.15) is 0 Å². The minimum absolute atomic E-state index is 0.713. The van der Waals surface area contributed by atoms with E-state index in [0.29, 0.717) is 10.1 Å². The Balaban J connectivity index is 2.34. The van der Waals surface area contributed by atoms with E-state index >= 15 is 0 Å². The summed E-state index contributed by atoms with van der Waals surface area (Å²) in [5, 5.41) is 1.43. The monoisotopic (exact) mass is 248 g/mol. The predicted molar refractivity (Wildman–Crippen MR) is 67.5 cm³/mol. The van der Waals surface area contributed by atoms with Gasteiger partial charge in [0.25, 0.3) is 0 Å². The van der Waals surface area contributed by atoms with E-state index in [4.69, 9.17) is 23.2 Å². The van der Waals surface area contributed by atoms with Gasteiger partial charge in [-0.2, -0.15) is 0 Å². The van der Waals surface area contributed by atoms with Crippen molar-refractivity contribution in [3.63, 3.8) is 0 Å². The maximum Gasteiger partial charge on any atom is 0.0336 e. The lowest BCUT2D eigenvalue weighted by atomic mass is 10.3. The van der Waals surface area contributed by atoms with Gasteiger partial charge in [-0.1, -0.05) is 36.4 Å². The van der Waals surface area contributed by atoms with E-state index in [2.05, 4.69) is 23.0 Å². The summed E-state index contributed by atoms with van der Waals surface area (Å²) in [5.74, 6) is 0. The van der Waals surface area contributed by atoms with Gasteiger partial charge in [-0.3, -0.25) is 9.80 Å². The lowest BCUT2D eigenvalue weighted by Crippen LogP contribution is -2.32. The van der Waals surface area contributed by atoms with Gasteiger partial charge in [0.2, 0.25) is 0 Å². The summed E-state index contributed by atoms with van der Waals surface area (Å²) in [5.41, 5.74) is 0. The van der Waals surface area contributed by atoms with E-state index < -0.39 is 0 Å². The van der Waals surface area contributed by atoms with Crippen LogP contribution in [0.3, 0.4) is 0 Å². The van der Waals surface area contributed by atoms with Gasteiger partial charge < -0.3 is 0 Å². The summed E-state index contributed by atoms with van der Waals surface area (Å²) >= 11 is 11.6. The van der Waals surface area contributed by atoms with Crippen LogP contribution in [0.25, 0.3) is 0 Å². The van der Waals surface area contributed by atoms with Crippen LogP contribution in [-0.2, 0) is 0 Å². The lowest BCUT2D eigenvalue weighted by molar-refractivity contribution is 0.284. The molecule has 86 valence electrons. The first-order valence-corrected chi connectivity index (χ1v) is 5.95. The third-order valence-corrected chi connectivity index (χ3v) is 2.71. The molecule has 0 aliphatic carbocycles. The van der Waals surface area contributed by atoms with Crippen molar-refractivity contribution in [2.24, 2.45) is 0 Å². The fourth-order valence-electron chi connectivity index (χ4n) is 1.83. The maximum absolute atomic E-state index is 5.80. The fourth-order valence-corrected chi connectivity index (χ4v) is 2.16. The Hall–Kier alpha value is -0.0200. The molecule has 0 atom stereocenters. The summed E-state index contributed by atoms with van der Waals surface area (Å²) < 4.78 is 0. The Kier molecular flexibility index (Phi) is 5.69. The largest absolute Gasteiger partial charge is 0.297 e. The van der Waals surface area contributed by atoms with Gasteiger partial charge in [-0.05, 0) is 19.5 Å². The van der Waals surface area contributed by atoms with Gasteiger partial charge >= 0.3 is 0 Å². The molecule has 0 aromatic heterocycles. The van der Waals surface area contributed by atoms with Crippen molar-refractivity contribution in [2.45, 2.75) is 6.42 Å². The van der Waals surface area contributed by atoms with Crippen LogP contribution in [0.1, 0.15) is 6.42 Å². The SMILES string of the molecule is C=C(Cl)CN1CCCN(CC(=C)Cl)CC1. The number of rotatable bonds is 4. The van der Waals surface area contributed by atoms with Crippen LogP contribution in [0.5, 0.6) is 0 Å². The van der Waals surface area contributed by atoms with Gasteiger partial charge in [0.05, 0.1) is 0 Å². The first-order chi connectivity index (χ1) is 7.08. The highest BCUT2D eigenvalue weighted by atomic mass is 35.5. The van der Waals surface area contributed by atoms with E-state index in [0.717, 1.165) is 45.7 Å². The normalized spacial score (nSPS) is 19.9. The average molecular weight is 249 g/mol. The Morgan fingerprint density at radius 3 is 1.60 bits per heavy atom. The summed E-state index contributed by atoms with van der Waals surface area (Å²) in [6, 6.07) is 0. The minimum Gasteiger partial charge on any atom is -0.297 e. The number of nitrogens with zero attached hydrogens (tertiary/aromatic N) is 2. The Morgan fingerprint density at radius 2 is 1.27 bits per heavy atom. The second-order valence-electron chi connectivity index (χ2n) is 3.94. The standard InChI is InChI=1S/C11H18Cl2N2/c1-10(12)8-14-4-3-5-15(7-6-14)9-11(2)13/h1-9H2. The summed E-state index contributed by atoms with van der Waals surface area (Å²) in [6.45, 7) is 13.2. The van der Waals surface area contributed by atoms with Crippen LogP contribution < -0.4 is 0 Å². The predicted octanol–water partition coefficient (Wildman–Crippen LogP) is 2.50. The third kappa shape index (κ3) is 5.57. The molecule has 2 nitrogen and oxygen atoms in total. The highest BCUT2D eigenvalue weighted by Gasteiger charge is 2.14. The molecule has 0 bridgehead atoms. The van der Waals surface area contributed by atoms with E-state index in [9.17, 15) is 0 Å². The highest BCUT2D eigenvalue weighted by Crippen LogP contribution is 2.09. The zero-order valence-corrected chi connectivity index (χ0v) is 10.5. The van der Waals surface area contributed by atoms with Crippen molar-refractivity contribution in [1.82, 2.24) is 9.80 Å². The molecule has 0 aromatic carbocycles. The van der Waals surface area contributed by atoms with E-state index in [1.807, 2.05) is 0 Å². The number of hydrogen-bond donors (Lipinski definition) is 0. The molecule has 0 saturated carbocycles. The molecule has 4 heteroatoms. The second kappa shape index (κ2) is 6.54. The smallest absolute Gasteiger partial charge is 0.0336 e. The molecule has 0 radical (unpaired) electrons. The molecular weight excluding hydrogens is 231 g/mol. The second-order valence-corrected chi connectivity index (χ2v) is 5.01. The van der Waals surface area contributed by atoms with Crippen LogP contribution >= 0.6 is 23.2 Å². The minimum atomic E-state index is 0.713. The Labute approximate surface area is 102 Å². The van der Waals surface area contributed by atoms with E-state index in [1.165, 1.54) is 0 Å². The van der Waals surface area contributed by atoms with Gasteiger partial charge in [-0.25, -0.2) is 0 Å². The quantitative estimate of drug-likeness (QED) is 0.755. The average Bonchev–Trinajstić information content (AvgIpc) is 2.29. The molecule has 1 saturated heterocycles. The first kappa shape index (κ1) is 13.0.